The van der Waals surface area contributed by atoms with Crippen molar-refractivity contribution in [3.05, 3.63) is 69.4 Å². The van der Waals surface area contributed by atoms with Crippen molar-refractivity contribution in [2.45, 2.75) is 6.61 Å². The molecule has 2 heterocycles. The molecule has 1 aromatic carbocycles. The lowest BCUT2D eigenvalue weighted by atomic mass is 10.2. The monoisotopic (exact) mass is 386 g/mol. The zero-order valence-corrected chi connectivity index (χ0v) is 15.0. The van der Waals surface area contributed by atoms with Crippen molar-refractivity contribution in [3.63, 3.8) is 0 Å². The minimum absolute atomic E-state index is 0.0158. The molecule has 0 atom stereocenters. The second kappa shape index (κ2) is 8.28. The number of rotatable bonds is 7. The fourth-order valence-corrected chi connectivity index (χ4v) is 2.94. The number of methoxy groups -OCH3 is 1. The maximum atomic E-state index is 11.8. The number of carbonyl (C=O) groups is 1. The van der Waals surface area contributed by atoms with Crippen LogP contribution in [0.15, 0.2) is 52.3 Å². The Morgan fingerprint density at radius 2 is 2.22 bits per heavy atom. The summed E-state index contributed by atoms with van der Waals surface area (Å²) in [5.41, 5.74) is 1.53. The second-order valence-electron chi connectivity index (χ2n) is 5.25. The third-order valence-electron chi connectivity index (χ3n) is 3.41. The number of carbonyl (C=O) groups excluding carboxylic acids is 1. The first-order chi connectivity index (χ1) is 13.0. The molecular formula is C18H14N2O6S. The number of hydrogen-bond donors (Lipinski definition) is 0. The van der Waals surface area contributed by atoms with Gasteiger partial charge in [0.15, 0.2) is 0 Å². The van der Waals surface area contributed by atoms with E-state index < -0.39 is 16.8 Å². The van der Waals surface area contributed by atoms with Crippen LogP contribution in [-0.4, -0.2) is 23.0 Å². The van der Waals surface area contributed by atoms with Gasteiger partial charge in [-0.1, -0.05) is 12.1 Å². The van der Waals surface area contributed by atoms with Gasteiger partial charge in [0.05, 0.1) is 18.9 Å². The summed E-state index contributed by atoms with van der Waals surface area (Å²) >= 11 is 1.43. The van der Waals surface area contributed by atoms with Crippen LogP contribution in [0.5, 0.6) is 5.75 Å². The average molecular weight is 386 g/mol. The molecule has 0 fully saturated rings. The summed E-state index contributed by atoms with van der Waals surface area (Å²) < 4.78 is 15.2. The van der Waals surface area contributed by atoms with Gasteiger partial charge in [0, 0.05) is 17.0 Å². The van der Waals surface area contributed by atoms with Crippen LogP contribution in [0.3, 0.4) is 0 Å². The standard InChI is InChI=1S/C18H14N2O6S/c1-24-15-4-2-3-12(9-15)18-19-13(11-27-18)10-25-17(21)8-6-14-5-7-16(26-14)20(22)23/h2-9,11H,10H2,1H3/b8-6+. The van der Waals surface area contributed by atoms with Gasteiger partial charge >= 0.3 is 11.9 Å². The zero-order valence-electron chi connectivity index (χ0n) is 14.2. The molecule has 2 aromatic heterocycles. The number of aromatic nitrogens is 1. The number of esters is 1. The number of thiazole rings is 1. The topological polar surface area (TPSA) is 105 Å². The lowest BCUT2D eigenvalue weighted by molar-refractivity contribution is -0.402. The smallest absolute Gasteiger partial charge is 0.433 e. The molecule has 0 aliphatic rings. The Morgan fingerprint density at radius 3 is 2.96 bits per heavy atom. The lowest BCUT2D eigenvalue weighted by Gasteiger charge is -2.01. The maximum Gasteiger partial charge on any atom is 0.433 e. The lowest BCUT2D eigenvalue weighted by Crippen LogP contribution is -2.00. The molecule has 0 amide bonds. The van der Waals surface area contributed by atoms with Crippen molar-refractivity contribution in [2.24, 2.45) is 0 Å². The molecule has 0 spiro atoms. The molecule has 27 heavy (non-hydrogen) atoms. The van der Waals surface area contributed by atoms with Crippen LogP contribution in [0, 0.1) is 10.1 Å². The maximum absolute atomic E-state index is 11.8. The summed E-state index contributed by atoms with van der Waals surface area (Å²) in [6.45, 7) is 0.0158. The molecule has 0 saturated heterocycles. The number of furan rings is 1. The van der Waals surface area contributed by atoms with Crippen molar-refractivity contribution in [3.8, 4) is 16.3 Å². The molecule has 0 N–H and O–H groups in total. The second-order valence-corrected chi connectivity index (χ2v) is 6.11. The predicted molar refractivity (Wildman–Crippen MR) is 98.3 cm³/mol. The molecule has 138 valence electrons. The van der Waals surface area contributed by atoms with E-state index in [1.165, 1.54) is 29.5 Å². The average Bonchev–Trinajstić information content (AvgIpc) is 3.34. The molecule has 9 heteroatoms. The Morgan fingerprint density at radius 1 is 1.37 bits per heavy atom. The van der Waals surface area contributed by atoms with Crippen LogP contribution in [-0.2, 0) is 16.1 Å². The minimum atomic E-state index is -0.655. The van der Waals surface area contributed by atoms with E-state index in [0.29, 0.717) is 5.69 Å². The Hall–Kier alpha value is -3.46. The van der Waals surface area contributed by atoms with Gasteiger partial charge in [-0.15, -0.1) is 11.3 Å². The van der Waals surface area contributed by atoms with Gasteiger partial charge < -0.3 is 13.9 Å². The SMILES string of the molecule is COc1cccc(-c2nc(COC(=O)/C=C/c3ccc([N+](=O)[O-])o3)cs2)c1. The highest BCUT2D eigenvalue weighted by Crippen LogP contribution is 2.27. The van der Waals surface area contributed by atoms with Crippen molar-refractivity contribution in [2.75, 3.05) is 7.11 Å². The van der Waals surface area contributed by atoms with E-state index in [2.05, 4.69) is 4.98 Å². The highest BCUT2D eigenvalue weighted by Gasteiger charge is 2.11. The van der Waals surface area contributed by atoms with Crippen LogP contribution in [0.4, 0.5) is 5.88 Å². The van der Waals surface area contributed by atoms with Gasteiger partial charge in [-0.25, -0.2) is 9.78 Å². The highest BCUT2D eigenvalue weighted by molar-refractivity contribution is 7.13. The largest absolute Gasteiger partial charge is 0.497 e. The molecule has 3 aromatic rings. The first-order valence-corrected chi connectivity index (χ1v) is 8.61. The summed E-state index contributed by atoms with van der Waals surface area (Å²) in [4.78, 5) is 26.1. The van der Waals surface area contributed by atoms with Crippen molar-refractivity contribution < 1.29 is 23.6 Å². The molecule has 3 rings (SSSR count). The first kappa shape index (κ1) is 18.3. The van der Waals surface area contributed by atoms with Crippen LogP contribution in [0.25, 0.3) is 16.6 Å². The molecule has 0 bridgehead atoms. The van der Waals surface area contributed by atoms with Crippen molar-refractivity contribution in [1.82, 2.24) is 4.98 Å². The Kier molecular flexibility index (Phi) is 5.62. The normalized spacial score (nSPS) is 10.9. The van der Waals surface area contributed by atoms with E-state index in [1.807, 2.05) is 29.6 Å². The summed E-state index contributed by atoms with van der Waals surface area (Å²) in [7, 11) is 1.60. The van der Waals surface area contributed by atoms with Crippen molar-refractivity contribution >= 4 is 29.3 Å². The Bertz CT molecular complexity index is 991. The van der Waals surface area contributed by atoms with Gasteiger partial charge in [-0.3, -0.25) is 10.1 Å². The minimum Gasteiger partial charge on any atom is -0.497 e. The fraction of sp³-hybridized carbons (Fsp3) is 0.111. The quantitative estimate of drug-likeness (QED) is 0.261. The van der Waals surface area contributed by atoms with Crippen LogP contribution in [0.2, 0.25) is 0 Å². The van der Waals surface area contributed by atoms with E-state index >= 15 is 0 Å². The van der Waals surface area contributed by atoms with Gasteiger partial charge in [0.25, 0.3) is 0 Å². The van der Waals surface area contributed by atoms with E-state index in [4.69, 9.17) is 13.9 Å². The fourth-order valence-electron chi connectivity index (χ4n) is 2.14. The van der Waals surface area contributed by atoms with E-state index in [0.717, 1.165) is 22.4 Å². The van der Waals surface area contributed by atoms with Crippen LogP contribution < -0.4 is 4.74 Å². The number of nitro groups is 1. The Balaban J connectivity index is 1.56. The Labute approximate surface area is 157 Å². The number of ether oxygens (including phenoxy) is 2. The predicted octanol–water partition coefficient (Wildman–Crippen LogP) is 4.08. The van der Waals surface area contributed by atoms with Gasteiger partial charge in [-0.05, 0) is 24.3 Å². The van der Waals surface area contributed by atoms with Crippen LogP contribution >= 0.6 is 11.3 Å². The zero-order chi connectivity index (χ0) is 19.2. The third-order valence-corrected chi connectivity index (χ3v) is 4.35. The molecule has 0 radical (unpaired) electrons. The molecular weight excluding hydrogens is 372 g/mol. The molecule has 0 unspecified atom stereocenters. The summed E-state index contributed by atoms with van der Waals surface area (Å²) in [6.07, 6.45) is 2.44. The van der Waals surface area contributed by atoms with Crippen LogP contribution in [0.1, 0.15) is 11.5 Å². The molecule has 0 aliphatic heterocycles. The van der Waals surface area contributed by atoms with Crippen molar-refractivity contribution in [1.29, 1.82) is 0 Å². The van der Waals surface area contributed by atoms with Gasteiger partial charge in [0.2, 0.25) is 0 Å². The van der Waals surface area contributed by atoms with E-state index in [1.54, 1.807) is 7.11 Å². The van der Waals surface area contributed by atoms with Gasteiger partial charge in [0.1, 0.15) is 28.0 Å². The third kappa shape index (κ3) is 4.79. The highest BCUT2D eigenvalue weighted by atomic mass is 32.1. The van der Waals surface area contributed by atoms with Gasteiger partial charge in [-0.2, -0.15) is 0 Å². The molecule has 8 nitrogen and oxygen atoms in total. The summed E-state index contributed by atoms with van der Waals surface area (Å²) in [5.74, 6) is -0.0767. The first-order valence-electron chi connectivity index (χ1n) is 7.73. The number of nitrogens with zero attached hydrogens (tertiary/aromatic N) is 2. The molecule has 0 aliphatic carbocycles. The number of benzene rings is 1. The van der Waals surface area contributed by atoms with E-state index in [-0.39, 0.29) is 12.4 Å². The van der Waals surface area contributed by atoms with E-state index in [9.17, 15) is 14.9 Å². The summed E-state index contributed by atoms with van der Waals surface area (Å²) in [6, 6.07) is 10.1. The number of hydrogen-bond acceptors (Lipinski definition) is 8. The molecule has 0 saturated carbocycles. The summed E-state index contributed by atoms with van der Waals surface area (Å²) in [5, 5.41) is 13.1.